The van der Waals surface area contributed by atoms with Gasteiger partial charge in [-0.3, -0.25) is 9.59 Å². The van der Waals surface area contributed by atoms with Crippen LogP contribution in [0.4, 0.5) is 0 Å². The van der Waals surface area contributed by atoms with E-state index in [1.54, 1.807) is 7.11 Å². The van der Waals surface area contributed by atoms with Crippen molar-refractivity contribution in [2.24, 2.45) is 0 Å². The van der Waals surface area contributed by atoms with Crippen LogP contribution in [0.3, 0.4) is 0 Å². The minimum atomic E-state index is -0.483. The Bertz CT molecular complexity index is 721. The lowest BCUT2D eigenvalue weighted by molar-refractivity contribution is -0.145. The Morgan fingerprint density at radius 3 is 2.73 bits per heavy atom. The molecule has 9 heteroatoms. The zero-order valence-electron chi connectivity index (χ0n) is 14.8. The zero-order valence-corrected chi connectivity index (χ0v) is 15.6. The number of hydrogen-bond donors (Lipinski definition) is 1. The minimum Gasteiger partial charge on any atom is -0.455 e. The lowest BCUT2D eigenvalue weighted by Crippen LogP contribution is -2.31. The van der Waals surface area contributed by atoms with E-state index in [2.05, 4.69) is 15.5 Å². The van der Waals surface area contributed by atoms with Gasteiger partial charge in [-0.2, -0.15) is 0 Å². The number of amides is 1. The molecule has 0 saturated carbocycles. The summed E-state index contributed by atoms with van der Waals surface area (Å²) in [6, 6.07) is 9.93. The third kappa shape index (κ3) is 6.49. The summed E-state index contributed by atoms with van der Waals surface area (Å²) >= 11 is 1.23. The smallest absolute Gasteiger partial charge is 0.316 e. The Morgan fingerprint density at radius 2 is 2.00 bits per heavy atom. The molecule has 1 N–H and O–H groups in total. The van der Waals surface area contributed by atoms with Gasteiger partial charge in [-0.15, -0.1) is 10.2 Å². The van der Waals surface area contributed by atoms with Crippen molar-refractivity contribution in [1.29, 1.82) is 0 Å². The Hall–Kier alpha value is -2.39. The predicted octanol–water partition coefficient (Wildman–Crippen LogP) is 1.03. The molecule has 1 amide bonds. The normalized spacial score (nSPS) is 10.5. The molecule has 0 atom stereocenters. The van der Waals surface area contributed by atoms with Crippen molar-refractivity contribution in [2.45, 2.75) is 18.6 Å². The summed E-state index contributed by atoms with van der Waals surface area (Å²) in [6.45, 7) is 2.97. The number of methoxy groups -OCH3 is 1. The summed E-state index contributed by atoms with van der Waals surface area (Å²) < 4.78 is 11.7. The van der Waals surface area contributed by atoms with E-state index in [1.807, 2.05) is 41.8 Å². The topological polar surface area (TPSA) is 95.3 Å². The minimum absolute atomic E-state index is 0.0538. The van der Waals surface area contributed by atoms with E-state index >= 15 is 0 Å². The van der Waals surface area contributed by atoms with E-state index in [9.17, 15) is 9.59 Å². The highest BCUT2D eigenvalue weighted by Crippen LogP contribution is 2.18. The van der Waals surface area contributed by atoms with E-state index in [0.717, 1.165) is 11.4 Å². The molecule has 26 heavy (non-hydrogen) atoms. The number of carbonyl (C=O) groups is 2. The van der Waals surface area contributed by atoms with Crippen molar-refractivity contribution < 1.29 is 19.1 Å². The molecule has 1 heterocycles. The van der Waals surface area contributed by atoms with Gasteiger partial charge in [-0.25, -0.2) is 0 Å². The average Bonchev–Trinajstić information content (AvgIpc) is 2.99. The van der Waals surface area contributed by atoms with Crippen LogP contribution in [-0.2, 0) is 25.6 Å². The molecule has 0 aliphatic heterocycles. The largest absolute Gasteiger partial charge is 0.455 e. The highest BCUT2D eigenvalue weighted by Gasteiger charge is 2.13. The van der Waals surface area contributed by atoms with Crippen LogP contribution in [0.1, 0.15) is 11.4 Å². The SMILES string of the molecule is COCCNC(=O)COC(=O)CSc1nnc(C)n1Cc1ccccc1. The second kappa shape index (κ2) is 10.6. The molecule has 0 spiro atoms. The molecule has 1 aromatic heterocycles. The van der Waals surface area contributed by atoms with Crippen molar-refractivity contribution in [2.75, 3.05) is 32.6 Å². The van der Waals surface area contributed by atoms with Crippen LogP contribution < -0.4 is 5.32 Å². The molecule has 2 rings (SSSR count). The van der Waals surface area contributed by atoms with Crippen LogP contribution in [0.25, 0.3) is 0 Å². The van der Waals surface area contributed by atoms with Crippen LogP contribution in [0, 0.1) is 6.92 Å². The number of benzene rings is 1. The van der Waals surface area contributed by atoms with Crippen molar-refractivity contribution in [3.8, 4) is 0 Å². The first-order chi connectivity index (χ1) is 12.6. The highest BCUT2D eigenvalue weighted by molar-refractivity contribution is 7.99. The fraction of sp³-hybridized carbons (Fsp3) is 0.412. The first-order valence-electron chi connectivity index (χ1n) is 8.08. The summed E-state index contributed by atoms with van der Waals surface area (Å²) in [7, 11) is 1.54. The van der Waals surface area contributed by atoms with Crippen molar-refractivity contribution >= 4 is 23.6 Å². The molecule has 0 aliphatic carbocycles. The second-order valence-corrected chi connectivity index (χ2v) is 6.34. The lowest BCUT2D eigenvalue weighted by atomic mass is 10.2. The summed E-state index contributed by atoms with van der Waals surface area (Å²) in [6.07, 6.45) is 0. The molecule has 0 unspecified atom stereocenters. The number of aromatic nitrogens is 3. The molecule has 140 valence electrons. The number of carbonyl (C=O) groups excluding carboxylic acids is 2. The molecule has 8 nitrogen and oxygen atoms in total. The van der Waals surface area contributed by atoms with Crippen LogP contribution in [0.2, 0.25) is 0 Å². The highest BCUT2D eigenvalue weighted by atomic mass is 32.2. The van der Waals surface area contributed by atoms with Gasteiger partial charge in [0.25, 0.3) is 5.91 Å². The predicted molar refractivity (Wildman–Crippen MR) is 96.9 cm³/mol. The Labute approximate surface area is 156 Å². The maximum absolute atomic E-state index is 11.8. The van der Waals surface area contributed by atoms with Gasteiger partial charge in [0, 0.05) is 13.7 Å². The maximum Gasteiger partial charge on any atom is 0.316 e. The van der Waals surface area contributed by atoms with Crippen molar-refractivity contribution in [1.82, 2.24) is 20.1 Å². The van der Waals surface area contributed by atoms with Crippen LogP contribution in [-0.4, -0.2) is 59.3 Å². The molecule has 0 radical (unpaired) electrons. The fourth-order valence-corrected chi connectivity index (χ4v) is 2.85. The molecule has 0 fully saturated rings. The quantitative estimate of drug-likeness (QED) is 0.375. The van der Waals surface area contributed by atoms with E-state index in [0.29, 0.717) is 24.9 Å². The third-order valence-corrected chi connectivity index (χ3v) is 4.34. The second-order valence-electron chi connectivity index (χ2n) is 5.39. The standard InChI is InChI=1S/C17H22N4O4S/c1-13-19-20-17(21(13)10-14-6-4-3-5-7-14)26-12-16(23)25-11-15(22)18-8-9-24-2/h3-7H,8-12H2,1-2H3,(H,18,22). The van der Waals surface area contributed by atoms with Gasteiger partial charge in [0.1, 0.15) is 5.82 Å². The molecule has 0 bridgehead atoms. The van der Waals surface area contributed by atoms with E-state index in [1.165, 1.54) is 11.8 Å². The molecule has 0 aliphatic rings. The Kier molecular flexibility index (Phi) is 8.10. The Balaban J connectivity index is 1.80. The Morgan fingerprint density at radius 1 is 1.23 bits per heavy atom. The number of rotatable bonds is 10. The van der Waals surface area contributed by atoms with Crippen molar-refractivity contribution in [3.63, 3.8) is 0 Å². The van der Waals surface area contributed by atoms with Gasteiger partial charge in [0.05, 0.1) is 18.9 Å². The number of aryl methyl sites for hydroxylation is 1. The summed E-state index contributed by atoms with van der Waals surface area (Å²) in [4.78, 5) is 23.3. The van der Waals surface area contributed by atoms with E-state index in [-0.39, 0.29) is 18.3 Å². The van der Waals surface area contributed by atoms with E-state index in [4.69, 9.17) is 9.47 Å². The molecular formula is C17H22N4O4S. The van der Waals surface area contributed by atoms with Crippen molar-refractivity contribution in [3.05, 3.63) is 41.7 Å². The van der Waals surface area contributed by atoms with Gasteiger partial charge in [-0.1, -0.05) is 42.1 Å². The zero-order chi connectivity index (χ0) is 18.8. The van der Waals surface area contributed by atoms with Gasteiger partial charge in [0.15, 0.2) is 11.8 Å². The molecular weight excluding hydrogens is 356 g/mol. The van der Waals surface area contributed by atoms with Gasteiger partial charge < -0.3 is 19.4 Å². The number of nitrogens with zero attached hydrogens (tertiary/aromatic N) is 3. The number of ether oxygens (including phenoxy) is 2. The monoisotopic (exact) mass is 378 g/mol. The third-order valence-electron chi connectivity index (χ3n) is 3.40. The molecule has 0 saturated heterocycles. The van der Waals surface area contributed by atoms with Crippen LogP contribution >= 0.6 is 11.8 Å². The number of esters is 1. The lowest BCUT2D eigenvalue weighted by Gasteiger charge is -2.09. The first kappa shape index (κ1) is 19.9. The van der Waals surface area contributed by atoms with Crippen LogP contribution in [0.5, 0.6) is 0 Å². The summed E-state index contributed by atoms with van der Waals surface area (Å²) in [5.74, 6) is -0.0207. The summed E-state index contributed by atoms with van der Waals surface area (Å²) in [5.41, 5.74) is 1.12. The average molecular weight is 378 g/mol. The molecule has 2 aromatic rings. The molecule has 1 aromatic carbocycles. The number of hydrogen-bond acceptors (Lipinski definition) is 7. The number of thioether (sulfide) groups is 1. The first-order valence-corrected chi connectivity index (χ1v) is 9.06. The number of nitrogens with one attached hydrogen (secondary N) is 1. The van der Waals surface area contributed by atoms with Crippen LogP contribution in [0.15, 0.2) is 35.5 Å². The summed E-state index contributed by atoms with van der Waals surface area (Å²) in [5, 5.41) is 11.4. The van der Waals surface area contributed by atoms with Gasteiger partial charge in [0.2, 0.25) is 0 Å². The fourth-order valence-electron chi connectivity index (χ4n) is 2.07. The van der Waals surface area contributed by atoms with Gasteiger partial charge in [-0.05, 0) is 12.5 Å². The van der Waals surface area contributed by atoms with Gasteiger partial charge >= 0.3 is 5.97 Å². The maximum atomic E-state index is 11.8. The van der Waals surface area contributed by atoms with E-state index < -0.39 is 5.97 Å².